The minimum absolute atomic E-state index is 0.0158. The molecule has 0 aromatic rings. The van der Waals surface area contributed by atoms with E-state index in [0.717, 1.165) is 6.42 Å². The Labute approximate surface area is 97.4 Å². The quantitative estimate of drug-likeness (QED) is 0.688. The van der Waals surface area contributed by atoms with Crippen molar-refractivity contribution in [2.24, 2.45) is 5.41 Å². The molecule has 1 rings (SSSR count). The molecule has 1 atom stereocenters. The number of carbonyl (C=O) groups excluding carboxylic acids is 1. The zero-order valence-electron chi connectivity index (χ0n) is 10.2. The zero-order valence-corrected chi connectivity index (χ0v) is 10.2. The Balaban J connectivity index is 2.19. The van der Waals surface area contributed by atoms with Gasteiger partial charge >= 0.3 is 0 Å². The van der Waals surface area contributed by atoms with Gasteiger partial charge in [-0.05, 0) is 18.3 Å². The number of hydrogen-bond donors (Lipinski definition) is 2. The fourth-order valence-corrected chi connectivity index (χ4v) is 2.24. The van der Waals surface area contributed by atoms with Gasteiger partial charge in [-0.1, -0.05) is 20.3 Å². The lowest BCUT2D eigenvalue weighted by molar-refractivity contribution is -0.120. The van der Waals surface area contributed by atoms with Gasteiger partial charge in [-0.2, -0.15) is 5.26 Å². The molecule has 1 saturated carbocycles. The standard InChI is InChI=1S/C12H21N3O/c1-12(2)6-3-5-10(12)15-9-11(16)14-8-4-7-13/h10,15H,3-6,8-9H2,1-2H3,(H,14,16). The van der Waals surface area contributed by atoms with Crippen molar-refractivity contribution in [3.8, 4) is 6.07 Å². The second-order valence-corrected chi connectivity index (χ2v) is 5.07. The van der Waals surface area contributed by atoms with Crippen LogP contribution >= 0.6 is 0 Å². The van der Waals surface area contributed by atoms with Crippen LogP contribution in [0.15, 0.2) is 0 Å². The van der Waals surface area contributed by atoms with Crippen molar-refractivity contribution in [2.45, 2.75) is 45.6 Å². The Hall–Kier alpha value is -1.08. The summed E-state index contributed by atoms with van der Waals surface area (Å²) < 4.78 is 0. The summed E-state index contributed by atoms with van der Waals surface area (Å²) in [5.74, 6) is -0.0158. The van der Waals surface area contributed by atoms with Gasteiger partial charge in [-0.25, -0.2) is 0 Å². The van der Waals surface area contributed by atoms with Crippen LogP contribution in [0.5, 0.6) is 0 Å². The van der Waals surface area contributed by atoms with Crippen molar-refractivity contribution < 1.29 is 4.79 Å². The summed E-state index contributed by atoms with van der Waals surface area (Å²) >= 11 is 0. The molecule has 0 saturated heterocycles. The summed E-state index contributed by atoms with van der Waals surface area (Å²) in [4.78, 5) is 11.4. The lowest BCUT2D eigenvalue weighted by atomic mass is 9.87. The molecule has 0 aromatic heterocycles. The monoisotopic (exact) mass is 223 g/mol. The molecular formula is C12H21N3O. The molecule has 1 aliphatic carbocycles. The summed E-state index contributed by atoms with van der Waals surface area (Å²) in [5.41, 5.74) is 0.299. The maximum Gasteiger partial charge on any atom is 0.233 e. The van der Waals surface area contributed by atoms with E-state index in [0.29, 0.717) is 31.0 Å². The summed E-state index contributed by atoms with van der Waals surface area (Å²) in [6, 6.07) is 2.44. The minimum Gasteiger partial charge on any atom is -0.354 e. The number of nitrogens with one attached hydrogen (secondary N) is 2. The van der Waals surface area contributed by atoms with Crippen LogP contribution in [0.1, 0.15) is 39.5 Å². The number of nitriles is 1. The van der Waals surface area contributed by atoms with Crippen molar-refractivity contribution in [2.75, 3.05) is 13.1 Å². The predicted octanol–water partition coefficient (Wildman–Crippen LogP) is 1.18. The number of carbonyl (C=O) groups is 1. The molecule has 1 fully saturated rings. The third-order valence-electron chi connectivity index (χ3n) is 3.33. The van der Waals surface area contributed by atoms with Gasteiger partial charge < -0.3 is 10.6 Å². The van der Waals surface area contributed by atoms with E-state index in [1.54, 1.807) is 0 Å². The average Bonchev–Trinajstić information content (AvgIpc) is 2.55. The Morgan fingerprint density at radius 1 is 1.56 bits per heavy atom. The first-order valence-electron chi connectivity index (χ1n) is 5.93. The first-order chi connectivity index (χ1) is 7.56. The van der Waals surface area contributed by atoms with E-state index in [4.69, 9.17) is 5.26 Å². The van der Waals surface area contributed by atoms with Gasteiger partial charge in [0.1, 0.15) is 0 Å². The zero-order chi connectivity index (χ0) is 12.0. The van der Waals surface area contributed by atoms with Crippen molar-refractivity contribution in [3.63, 3.8) is 0 Å². The maximum atomic E-state index is 11.4. The number of rotatable bonds is 5. The van der Waals surface area contributed by atoms with Crippen LogP contribution < -0.4 is 10.6 Å². The van der Waals surface area contributed by atoms with Crippen LogP contribution in [0.2, 0.25) is 0 Å². The number of amides is 1. The lowest BCUT2D eigenvalue weighted by Crippen LogP contribution is -2.43. The molecule has 1 amide bonds. The molecule has 0 aliphatic heterocycles. The van der Waals surface area contributed by atoms with Crippen molar-refractivity contribution in [1.82, 2.24) is 10.6 Å². The number of hydrogen-bond acceptors (Lipinski definition) is 3. The Bertz CT molecular complexity index is 280. The number of nitrogens with zero attached hydrogens (tertiary/aromatic N) is 1. The third kappa shape index (κ3) is 3.82. The SMILES string of the molecule is CC1(C)CCCC1NCC(=O)NCCC#N. The van der Waals surface area contributed by atoms with E-state index in [2.05, 4.69) is 24.5 Å². The Morgan fingerprint density at radius 2 is 2.31 bits per heavy atom. The molecule has 1 unspecified atom stereocenters. The van der Waals surface area contributed by atoms with Crippen LogP contribution in [-0.2, 0) is 4.79 Å². The van der Waals surface area contributed by atoms with Crippen molar-refractivity contribution >= 4 is 5.91 Å². The second kappa shape index (κ2) is 5.86. The molecule has 4 heteroatoms. The van der Waals surface area contributed by atoms with E-state index in [1.807, 2.05) is 6.07 Å². The third-order valence-corrected chi connectivity index (χ3v) is 3.33. The fraction of sp³-hybridized carbons (Fsp3) is 0.833. The molecule has 0 heterocycles. The lowest BCUT2D eigenvalue weighted by Gasteiger charge is -2.27. The highest BCUT2D eigenvalue weighted by Crippen LogP contribution is 2.36. The van der Waals surface area contributed by atoms with E-state index >= 15 is 0 Å². The summed E-state index contributed by atoms with van der Waals surface area (Å²) in [6.45, 7) is 5.29. The fourth-order valence-electron chi connectivity index (χ4n) is 2.24. The second-order valence-electron chi connectivity index (χ2n) is 5.07. The average molecular weight is 223 g/mol. The maximum absolute atomic E-state index is 11.4. The first-order valence-corrected chi connectivity index (χ1v) is 5.93. The van der Waals surface area contributed by atoms with Crippen LogP contribution in [0.3, 0.4) is 0 Å². The summed E-state index contributed by atoms with van der Waals surface area (Å²) in [7, 11) is 0. The first kappa shape index (κ1) is 13.0. The van der Waals surface area contributed by atoms with Crippen LogP contribution in [0, 0.1) is 16.7 Å². The summed E-state index contributed by atoms with van der Waals surface area (Å²) in [6.07, 6.45) is 3.99. The van der Waals surface area contributed by atoms with Gasteiger partial charge in [0.15, 0.2) is 0 Å². The van der Waals surface area contributed by atoms with Gasteiger partial charge in [0.05, 0.1) is 19.0 Å². The highest BCUT2D eigenvalue weighted by Gasteiger charge is 2.34. The van der Waals surface area contributed by atoms with Gasteiger partial charge in [0.2, 0.25) is 5.91 Å². The molecule has 90 valence electrons. The van der Waals surface area contributed by atoms with E-state index < -0.39 is 0 Å². The van der Waals surface area contributed by atoms with E-state index in [-0.39, 0.29) is 5.91 Å². The van der Waals surface area contributed by atoms with Gasteiger partial charge in [0.25, 0.3) is 0 Å². The molecule has 0 spiro atoms. The van der Waals surface area contributed by atoms with Crippen LogP contribution in [-0.4, -0.2) is 25.0 Å². The highest BCUT2D eigenvalue weighted by molar-refractivity contribution is 5.78. The predicted molar refractivity (Wildman–Crippen MR) is 62.7 cm³/mol. The molecule has 0 aromatic carbocycles. The van der Waals surface area contributed by atoms with Crippen LogP contribution in [0.25, 0.3) is 0 Å². The molecule has 2 N–H and O–H groups in total. The van der Waals surface area contributed by atoms with Gasteiger partial charge in [-0.15, -0.1) is 0 Å². The van der Waals surface area contributed by atoms with Crippen molar-refractivity contribution in [1.29, 1.82) is 5.26 Å². The topological polar surface area (TPSA) is 64.9 Å². The molecule has 0 radical (unpaired) electrons. The summed E-state index contributed by atoms with van der Waals surface area (Å²) in [5, 5.41) is 14.3. The Morgan fingerprint density at radius 3 is 2.88 bits per heavy atom. The minimum atomic E-state index is -0.0158. The molecule has 1 aliphatic rings. The molecule has 0 bridgehead atoms. The largest absolute Gasteiger partial charge is 0.354 e. The highest BCUT2D eigenvalue weighted by atomic mass is 16.1. The molecule has 4 nitrogen and oxygen atoms in total. The smallest absolute Gasteiger partial charge is 0.233 e. The van der Waals surface area contributed by atoms with Crippen molar-refractivity contribution in [3.05, 3.63) is 0 Å². The van der Waals surface area contributed by atoms with Gasteiger partial charge in [0, 0.05) is 12.6 Å². The molecular weight excluding hydrogens is 202 g/mol. The van der Waals surface area contributed by atoms with Gasteiger partial charge in [-0.3, -0.25) is 4.79 Å². The normalized spacial score (nSPS) is 22.7. The Kier molecular flexibility index (Phi) is 4.75. The van der Waals surface area contributed by atoms with E-state index in [9.17, 15) is 4.79 Å². The van der Waals surface area contributed by atoms with Crippen LogP contribution in [0.4, 0.5) is 0 Å². The molecule has 16 heavy (non-hydrogen) atoms. The van der Waals surface area contributed by atoms with E-state index in [1.165, 1.54) is 12.8 Å².